The largest absolute Gasteiger partial charge is 0.385 e. The number of aliphatic hydroxyl groups excluding tert-OH is 1. The van der Waals surface area contributed by atoms with E-state index in [1.165, 1.54) is 0 Å². The Labute approximate surface area is 87.2 Å². The first-order valence-electron chi connectivity index (χ1n) is 4.67. The molecule has 1 atom stereocenters. The lowest BCUT2D eigenvalue weighted by Gasteiger charge is -2.07. The van der Waals surface area contributed by atoms with E-state index in [9.17, 15) is 5.11 Å². The molecule has 0 aliphatic carbocycles. The fourth-order valence-corrected chi connectivity index (χ4v) is 1.48. The minimum absolute atomic E-state index is 0.429. The van der Waals surface area contributed by atoms with E-state index in [0.29, 0.717) is 12.2 Å². The maximum atomic E-state index is 9.89. The van der Waals surface area contributed by atoms with Crippen molar-refractivity contribution in [1.29, 1.82) is 0 Å². The van der Waals surface area contributed by atoms with Crippen LogP contribution in [0.3, 0.4) is 0 Å². The molecule has 0 spiro atoms. The number of rotatable bonds is 3. The Kier molecular flexibility index (Phi) is 2.51. The zero-order valence-corrected chi connectivity index (χ0v) is 8.70. The van der Waals surface area contributed by atoms with Crippen molar-refractivity contribution >= 4 is 0 Å². The summed E-state index contributed by atoms with van der Waals surface area (Å²) >= 11 is 0. The lowest BCUT2D eigenvalue weighted by Crippen LogP contribution is -2.08. The van der Waals surface area contributed by atoms with Crippen LogP contribution < -0.4 is 0 Å². The molecule has 80 valence electrons. The highest BCUT2D eigenvalue weighted by Crippen LogP contribution is 2.13. The van der Waals surface area contributed by atoms with Crippen molar-refractivity contribution in [1.82, 2.24) is 24.5 Å². The zero-order chi connectivity index (χ0) is 10.8. The topological polar surface area (TPSA) is 68.8 Å². The van der Waals surface area contributed by atoms with Crippen LogP contribution in [0.1, 0.15) is 17.6 Å². The average molecular weight is 207 g/mol. The lowest BCUT2D eigenvalue weighted by molar-refractivity contribution is 0.164. The summed E-state index contributed by atoms with van der Waals surface area (Å²) in [4.78, 5) is 4.08. The van der Waals surface area contributed by atoms with E-state index < -0.39 is 6.10 Å². The molecule has 1 N–H and O–H groups in total. The van der Waals surface area contributed by atoms with E-state index in [2.05, 4.69) is 15.3 Å². The van der Waals surface area contributed by atoms with Gasteiger partial charge in [0, 0.05) is 39.1 Å². The van der Waals surface area contributed by atoms with Gasteiger partial charge in [0.15, 0.2) is 0 Å². The number of hydrogen-bond acceptors (Lipinski definition) is 4. The molecule has 0 aliphatic rings. The Hall–Kier alpha value is -1.69. The molecule has 0 fully saturated rings. The highest BCUT2D eigenvalue weighted by molar-refractivity contribution is 5.02. The molecule has 0 aliphatic heterocycles. The number of nitrogens with zero attached hydrogens (tertiary/aromatic N) is 5. The van der Waals surface area contributed by atoms with Crippen molar-refractivity contribution in [2.45, 2.75) is 12.5 Å². The van der Waals surface area contributed by atoms with Gasteiger partial charge in [-0.25, -0.2) is 4.98 Å². The van der Waals surface area contributed by atoms with Gasteiger partial charge < -0.3 is 9.67 Å². The molecular formula is C9H13N5O. The van der Waals surface area contributed by atoms with Crippen molar-refractivity contribution in [3.63, 3.8) is 0 Å². The normalized spacial score (nSPS) is 13.0. The van der Waals surface area contributed by atoms with Gasteiger partial charge >= 0.3 is 0 Å². The smallest absolute Gasteiger partial charge is 0.137 e. The molecule has 2 aromatic heterocycles. The zero-order valence-electron chi connectivity index (χ0n) is 8.70. The molecule has 0 bridgehead atoms. The monoisotopic (exact) mass is 207 g/mol. The molecule has 6 heteroatoms. The van der Waals surface area contributed by atoms with Gasteiger partial charge in [0.2, 0.25) is 0 Å². The summed E-state index contributed by atoms with van der Waals surface area (Å²) in [5.41, 5.74) is 0.757. The second kappa shape index (κ2) is 3.82. The minimum Gasteiger partial charge on any atom is -0.385 e. The van der Waals surface area contributed by atoms with E-state index in [0.717, 1.165) is 5.69 Å². The standard InChI is InChI=1S/C9H13N5O/c1-13-4-3-10-9(13)8(15)5-7-6-14(2)12-11-7/h3-4,6,8,15H,5H2,1-2H3. The SMILES string of the molecule is Cn1cc(CC(O)c2nccn2C)nn1. The van der Waals surface area contributed by atoms with Crippen LogP contribution in [0.5, 0.6) is 0 Å². The Bertz CT molecular complexity index is 447. The van der Waals surface area contributed by atoms with Crippen molar-refractivity contribution < 1.29 is 5.11 Å². The highest BCUT2D eigenvalue weighted by Gasteiger charge is 2.14. The summed E-state index contributed by atoms with van der Waals surface area (Å²) in [6.07, 6.45) is 5.04. The number of hydrogen-bond donors (Lipinski definition) is 1. The highest BCUT2D eigenvalue weighted by atomic mass is 16.3. The molecule has 0 aromatic carbocycles. The summed E-state index contributed by atoms with van der Waals surface area (Å²) in [5.74, 6) is 0.639. The summed E-state index contributed by atoms with van der Waals surface area (Å²) < 4.78 is 3.40. The summed E-state index contributed by atoms with van der Waals surface area (Å²) in [5, 5.41) is 17.6. The van der Waals surface area contributed by atoms with E-state index in [4.69, 9.17) is 0 Å². The van der Waals surface area contributed by atoms with Crippen LogP contribution in [0.15, 0.2) is 18.6 Å². The van der Waals surface area contributed by atoms with Gasteiger partial charge in [-0.1, -0.05) is 5.21 Å². The predicted molar refractivity (Wildman–Crippen MR) is 52.9 cm³/mol. The number of aryl methyl sites for hydroxylation is 2. The predicted octanol–water partition coefficient (Wildman–Crippen LogP) is -0.175. The van der Waals surface area contributed by atoms with Crippen LogP contribution >= 0.6 is 0 Å². The second-order valence-corrected chi connectivity index (χ2v) is 3.50. The third-order valence-corrected chi connectivity index (χ3v) is 2.21. The number of aromatic nitrogens is 5. The van der Waals surface area contributed by atoms with Crippen LogP contribution in [0.25, 0.3) is 0 Å². The van der Waals surface area contributed by atoms with Gasteiger partial charge in [0.05, 0.1) is 5.69 Å². The van der Waals surface area contributed by atoms with Crippen molar-refractivity contribution in [2.75, 3.05) is 0 Å². The Morgan fingerprint density at radius 1 is 1.47 bits per heavy atom. The van der Waals surface area contributed by atoms with Crippen molar-refractivity contribution in [3.8, 4) is 0 Å². The molecule has 0 saturated heterocycles. The maximum Gasteiger partial charge on any atom is 0.137 e. The van der Waals surface area contributed by atoms with Crippen LogP contribution in [0.2, 0.25) is 0 Å². The molecule has 0 amide bonds. The Morgan fingerprint density at radius 2 is 2.27 bits per heavy atom. The number of aliphatic hydroxyl groups is 1. The van der Waals surface area contributed by atoms with Gasteiger partial charge in [-0.05, 0) is 0 Å². The second-order valence-electron chi connectivity index (χ2n) is 3.50. The molecule has 0 saturated carbocycles. The fourth-order valence-electron chi connectivity index (χ4n) is 1.48. The van der Waals surface area contributed by atoms with Crippen LogP contribution in [0, 0.1) is 0 Å². The van der Waals surface area contributed by atoms with E-state index >= 15 is 0 Å². The maximum absolute atomic E-state index is 9.89. The molecule has 1 unspecified atom stereocenters. The van der Waals surface area contributed by atoms with E-state index in [-0.39, 0.29) is 0 Å². The van der Waals surface area contributed by atoms with E-state index in [1.807, 2.05) is 7.05 Å². The molecule has 0 radical (unpaired) electrons. The molecular weight excluding hydrogens is 194 g/mol. The van der Waals surface area contributed by atoms with Crippen molar-refractivity contribution in [3.05, 3.63) is 30.1 Å². The van der Waals surface area contributed by atoms with Gasteiger partial charge in [-0.3, -0.25) is 4.68 Å². The van der Waals surface area contributed by atoms with Crippen LogP contribution in [-0.4, -0.2) is 29.7 Å². The first kappa shape index (κ1) is 9.85. The summed E-state index contributed by atoms with van der Waals surface area (Å²) in [6.45, 7) is 0. The first-order valence-corrected chi connectivity index (χ1v) is 4.67. The van der Waals surface area contributed by atoms with Gasteiger partial charge in [-0.15, -0.1) is 5.10 Å². The van der Waals surface area contributed by atoms with Crippen LogP contribution in [0.4, 0.5) is 0 Å². The Morgan fingerprint density at radius 3 is 2.80 bits per heavy atom. The molecule has 2 aromatic rings. The Balaban J connectivity index is 2.10. The van der Waals surface area contributed by atoms with Gasteiger partial charge in [0.25, 0.3) is 0 Å². The lowest BCUT2D eigenvalue weighted by atomic mass is 10.2. The van der Waals surface area contributed by atoms with Crippen molar-refractivity contribution in [2.24, 2.45) is 14.1 Å². The third kappa shape index (κ3) is 2.04. The quantitative estimate of drug-likeness (QED) is 0.758. The number of imidazole rings is 1. The molecule has 2 rings (SSSR count). The van der Waals surface area contributed by atoms with Gasteiger partial charge in [0.1, 0.15) is 11.9 Å². The minimum atomic E-state index is -0.637. The summed E-state index contributed by atoms with van der Waals surface area (Å²) in [6, 6.07) is 0. The summed E-state index contributed by atoms with van der Waals surface area (Å²) in [7, 11) is 3.64. The van der Waals surface area contributed by atoms with Crippen LogP contribution in [-0.2, 0) is 20.5 Å². The van der Waals surface area contributed by atoms with Gasteiger partial charge in [-0.2, -0.15) is 0 Å². The molecule has 6 nitrogen and oxygen atoms in total. The molecule has 15 heavy (non-hydrogen) atoms. The average Bonchev–Trinajstić information content (AvgIpc) is 2.75. The molecule has 2 heterocycles. The fraction of sp³-hybridized carbons (Fsp3) is 0.444. The van der Waals surface area contributed by atoms with E-state index in [1.54, 1.807) is 34.9 Å². The third-order valence-electron chi connectivity index (χ3n) is 2.21. The first-order chi connectivity index (χ1) is 7.16.